The second kappa shape index (κ2) is 10.1. The number of carbonyl (C=O) groups excluding carboxylic acids is 2. The van der Waals surface area contributed by atoms with Crippen LogP contribution in [-0.2, 0) is 38.9 Å². The van der Waals surface area contributed by atoms with Crippen LogP contribution in [0.15, 0.2) is 60.7 Å². The number of benzene rings is 2. The van der Waals surface area contributed by atoms with Crippen LogP contribution in [0.4, 0.5) is 0 Å². The van der Waals surface area contributed by atoms with Crippen molar-refractivity contribution in [1.82, 2.24) is 5.23 Å². The number of hydroxylamine groups is 2. The molecule has 2 aromatic rings. The van der Waals surface area contributed by atoms with E-state index in [0.29, 0.717) is 12.8 Å². The summed E-state index contributed by atoms with van der Waals surface area (Å²) >= 11 is 0. The van der Waals surface area contributed by atoms with Crippen LogP contribution in [0.3, 0.4) is 0 Å². The number of hydrogen-bond donors (Lipinski definition) is 0. The van der Waals surface area contributed by atoms with Gasteiger partial charge in [0.15, 0.2) is 12.4 Å². The first-order valence-corrected chi connectivity index (χ1v) is 12.1. The predicted molar refractivity (Wildman–Crippen MR) is 125 cm³/mol. The van der Waals surface area contributed by atoms with Crippen molar-refractivity contribution in [3.63, 3.8) is 0 Å². The van der Waals surface area contributed by atoms with E-state index in [1.54, 1.807) is 0 Å². The average molecular weight is 482 g/mol. The van der Waals surface area contributed by atoms with E-state index >= 15 is 0 Å². The lowest BCUT2D eigenvalue weighted by molar-refractivity contribution is -0.438. The maximum Gasteiger partial charge on any atom is 0.338 e. The molecule has 2 aromatic carbocycles. The van der Waals surface area contributed by atoms with Gasteiger partial charge in [0.1, 0.15) is 5.92 Å². The fourth-order valence-electron chi connectivity index (χ4n) is 5.91. The Morgan fingerprint density at radius 3 is 2.09 bits per heavy atom. The zero-order valence-electron chi connectivity index (χ0n) is 20.0. The highest BCUT2D eigenvalue weighted by Crippen LogP contribution is 2.49. The summed E-state index contributed by atoms with van der Waals surface area (Å²) in [7, 11) is 2.55. The van der Waals surface area contributed by atoms with Gasteiger partial charge in [-0.2, -0.15) is 0 Å². The zero-order valence-corrected chi connectivity index (χ0v) is 20.0. The first-order chi connectivity index (χ1) is 17.1. The summed E-state index contributed by atoms with van der Waals surface area (Å²) in [4.78, 5) is 36.5. The number of esters is 2. The quantitative estimate of drug-likeness (QED) is 0.580. The van der Waals surface area contributed by atoms with E-state index in [9.17, 15) is 9.59 Å². The van der Waals surface area contributed by atoms with Crippen LogP contribution in [0.25, 0.3) is 0 Å². The summed E-state index contributed by atoms with van der Waals surface area (Å²) in [5.74, 6) is -2.00. The van der Waals surface area contributed by atoms with Crippen LogP contribution in [0.2, 0.25) is 0 Å². The molecule has 35 heavy (non-hydrogen) atoms. The molecule has 0 amide bonds. The van der Waals surface area contributed by atoms with E-state index in [1.807, 2.05) is 12.1 Å². The lowest BCUT2D eigenvalue weighted by Gasteiger charge is -2.40. The molecule has 1 saturated carbocycles. The summed E-state index contributed by atoms with van der Waals surface area (Å²) in [5, 5.41) is 1.25. The number of rotatable bonds is 6. The Bertz CT molecular complexity index is 991. The van der Waals surface area contributed by atoms with Gasteiger partial charge in [0, 0.05) is 11.8 Å². The van der Waals surface area contributed by atoms with Crippen LogP contribution >= 0.6 is 0 Å². The van der Waals surface area contributed by atoms with Gasteiger partial charge < -0.3 is 14.2 Å². The van der Waals surface area contributed by atoms with E-state index < -0.39 is 36.3 Å². The highest BCUT2D eigenvalue weighted by atomic mass is 17.0. The number of ether oxygens (including phenoxy) is 3. The molecule has 0 radical (unpaired) electrons. The predicted octanol–water partition coefficient (Wildman–Crippen LogP) is 3.54. The Kier molecular flexibility index (Phi) is 6.88. The maximum absolute atomic E-state index is 12.4. The maximum atomic E-state index is 12.4. The van der Waals surface area contributed by atoms with Crippen molar-refractivity contribution in [3.8, 4) is 0 Å². The Hall–Kier alpha value is -2.78. The summed E-state index contributed by atoms with van der Waals surface area (Å²) in [6.07, 6.45) is 2.20. The lowest BCUT2D eigenvalue weighted by Crippen LogP contribution is -2.47. The number of carbonyl (C=O) groups is 2. The first kappa shape index (κ1) is 23.9. The third-order valence-electron chi connectivity index (χ3n) is 7.54. The van der Waals surface area contributed by atoms with Crippen molar-refractivity contribution in [3.05, 3.63) is 71.8 Å². The van der Waals surface area contributed by atoms with Crippen molar-refractivity contribution in [2.75, 3.05) is 14.2 Å². The van der Waals surface area contributed by atoms with E-state index in [2.05, 4.69) is 48.5 Å². The summed E-state index contributed by atoms with van der Waals surface area (Å²) < 4.78 is 16.4. The molecule has 5 rings (SSSR count). The Morgan fingerprint density at radius 2 is 1.49 bits per heavy atom. The van der Waals surface area contributed by atoms with Gasteiger partial charge in [-0.15, -0.1) is 0 Å². The molecule has 3 aliphatic rings. The summed E-state index contributed by atoms with van der Waals surface area (Å²) in [6.45, 7) is 0. The van der Waals surface area contributed by atoms with E-state index in [1.165, 1.54) is 30.6 Å². The Labute approximate surface area is 205 Å². The third kappa shape index (κ3) is 4.25. The van der Waals surface area contributed by atoms with Gasteiger partial charge in [-0.3, -0.25) is 9.63 Å². The van der Waals surface area contributed by atoms with E-state index in [0.717, 1.165) is 19.3 Å². The molecular formula is C27H31NO7. The van der Waals surface area contributed by atoms with Crippen molar-refractivity contribution in [1.29, 1.82) is 0 Å². The smallest absolute Gasteiger partial charge is 0.338 e. The molecule has 0 bridgehead atoms. The fourth-order valence-corrected chi connectivity index (χ4v) is 5.91. The number of fused-ring (bicyclic) bond motifs is 1. The molecule has 0 aromatic heterocycles. The topological polar surface area (TPSA) is 83.5 Å². The summed E-state index contributed by atoms with van der Waals surface area (Å²) in [5.41, 5.74) is 2.14. The molecule has 1 aliphatic carbocycles. The molecular weight excluding hydrogens is 450 g/mol. The molecule has 0 unspecified atom stereocenters. The monoisotopic (exact) mass is 481 g/mol. The molecule has 5 atom stereocenters. The van der Waals surface area contributed by atoms with Gasteiger partial charge >= 0.3 is 11.9 Å². The molecule has 8 heteroatoms. The average Bonchev–Trinajstić information content (AvgIpc) is 3.51. The molecule has 8 nitrogen and oxygen atoms in total. The van der Waals surface area contributed by atoms with Crippen molar-refractivity contribution < 1.29 is 33.5 Å². The van der Waals surface area contributed by atoms with Gasteiger partial charge in [-0.05, 0) is 36.8 Å². The molecule has 0 spiro atoms. The number of hydrogen-bond acceptors (Lipinski definition) is 8. The largest absolute Gasteiger partial charge is 0.469 e. The van der Waals surface area contributed by atoms with Crippen LogP contribution in [-0.4, -0.2) is 55.9 Å². The van der Waals surface area contributed by atoms with Crippen LogP contribution < -0.4 is 0 Å². The molecule has 0 N–H and O–H groups in total. The van der Waals surface area contributed by atoms with Gasteiger partial charge in [-0.1, -0.05) is 65.9 Å². The van der Waals surface area contributed by atoms with Crippen LogP contribution in [0.1, 0.15) is 43.2 Å². The summed E-state index contributed by atoms with van der Waals surface area (Å²) in [6, 6.07) is 20.5. The van der Waals surface area contributed by atoms with Gasteiger partial charge in [0.25, 0.3) is 0 Å². The van der Waals surface area contributed by atoms with Gasteiger partial charge in [0.05, 0.1) is 26.4 Å². The van der Waals surface area contributed by atoms with Gasteiger partial charge in [-0.25, -0.2) is 9.63 Å². The Balaban J connectivity index is 1.38. The second-order valence-electron chi connectivity index (χ2n) is 9.28. The highest BCUT2D eigenvalue weighted by Gasteiger charge is 2.56. The zero-order chi connectivity index (χ0) is 24.4. The Morgan fingerprint density at radius 1 is 0.857 bits per heavy atom. The molecule has 3 fully saturated rings. The third-order valence-corrected chi connectivity index (χ3v) is 7.54. The van der Waals surface area contributed by atoms with Crippen LogP contribution in [0.5, 0.6) is 0 Å². The SMILES string of the molecule is COC(=O)[C@@H]1[C@H](C(=O)OC)ON2O[C@@H](O[C@H]3CCCC3(c3ccccc3)c3ccccc3)CC[C@@H]12. The minimum Gasteiger partial charge on any atom is -0.469 e. The normalized spacial score (nSPS) is 29.9. The standard InChI is InChI=1S/C27H31NO7/c1-31-25(29)23-20-15-16-22(34-28(20)35-24(23)26(30)32-2)33-21-14-9-17-27(21,18-10-5-3-6-11-18)19-12-7-4-8-13-19/h3-8,10-13,20-24H,9,14-17H2,1-2H3/t20-,21-,22+,23-,24+/m0/s1. The van der Waals surface area contributed by atoms with Crippen molar-refractivity contribution >= 4 is 11.9 Å². The van der Waals surface area contributed by atoms with Crippen molar-refractivity contribution in [2.45, 2.75) is 62.1 Å². The molecule has 2 aliphatic heterocycles. The highest BCUT2D eigenvalue weighted by molar-refractivity contribution is 5.84. The second-order valence-corrected chi connectivity index (χ2v) is 9.28. The minimum atomic E-state index is -1.12. The van der Waals surface area contributed by atoms with E-state index in [4.69, 9.17) is 23.9 Å². The lowest BCUT2D eigenvalue weighted by atomic mass is 9.71. The molecule has 2 saturated heterocycles. The molecule has 2 heterocycles. The number of nitrogens with zero attached hydrogens (tertiary/aromatic N) is 1. The van der Waals surface area contributed by atoms with Gasteiger partial charge in [0.2, 0.25) is 0 Å². The molecule has 186 valence electrons. The van der Waals surface area contributed by atoms with Crippen LogP contribution in [0, 0.1) is 5.92 Å². The van der Waals surface area contributed by atoms with E-state index in [-0.39, 0.29) is 11.5 Å². The fraction of sp³-hybridized carbons (Fsp3) is 0.481. The number of methoxy groups -OCH3 is 2. The van der Waals surface area contributed by atoms with Crippen molar-refractivity contribution in [2.24, 2.45) is 5.92 Å². The first-order valence-electron chi connectivity index (χ1n) is 12.1. The minimum absolute atomic E-state index is 0.107.